The Kier molecular flexibility index (Phi) is 9.67. The van der Waals surface area contributed by atoms with Crippen LogP contribution in [0.2, 0.25) is 0 Å². The Morgan fingerprint density at radius 2 is 0.930 bits per heavy atom. The molecular formula is C68H46N2O. The summed E-state index contributed by atoms with van der Waals surface area (Å²) in [4.78, 5) is 4.92. The fourth-order valence-corrected chi connectivity index (χ4v) is 11.5. The van der Waals surface area contributed by atoms with E-state index in [2.05, 4.69) is 271 Å². The molecular weight excluding hydrogens is 861 g/mol. The van der Waals surface area contributed by atoms with Gasteiger partial charge in [0.2, 0.25) is 0 Å². The summed E-state index contributed by atoms with van der Waals surface area (Å²) in [5.74, 6) is 0.334. The van der Waals surface area contributed by atoms with Crippen molar-refractivity contribution in [3.05, 3.63) is 273 Å². The highest BCUT2D eigenvalue weighted by molar-refractivity contribution is 6.14. The van der Waals surface area contributed by atoms with Crippen molar-refractivity contribution in [1.29, 1.82) is 0 Å². The molecule has 1 aliphatic heterocycles. The number of hydrogen-bond acceptors (Lipinski definition) is 3. The molecule has 2 heterocycles. The number of nitrogens with zero attached hydrogens (tertiary/aromatic N) is 2. The van der Waals surface area contributed by atoms with Crippen LogP contribution in [0.5, 0.6) is 0 Å². The van der Waals surface area contributed by atoms with E-state index in [0.717, 1.165) is 61.3 Å². The number of anilines is 5. The molecule has 1 aliphatic carbocycles. The Bertz CT molecular complexity index is 4080. The summed E-state index contributed by atoms with van der Waals surface area (Å²) < 4.78 is 6.57. The summed E-state index contributed by atoms with van der Waals surface area (Å²) in [6, 6.07) is 88.6. The van der Waals surface area contributed by atoms with E-state index < -0.39 is 0 Å². The van der Waals surface area contributed by atoms with Crippen molar-refractivity contribution < 1.29 is 4.42 Å². The Morgan fingerprint density at radius 3 is 1.73 bits per heavy atom. The first-order valence-corrected chi connectivity index (χ1v) is 24.6. The standard InChI is InChI=1S/C68H46N2O/c1-2-21-54-50(16-1)44-63(58-24-4-3-23-57(54)58)49-18-14-20-53(43-49)69(52-19-13-17-48(42-52)56-28-15-29-62-61-27-8-12-33-67(61)71-68(56)62)51-40-38-46(39-41-51)45-34-36-47(37-35-45)55-22-5-9-30-64(55)70-65-31-10-6-25-59(65)60-26-7-11-32-66(60)70/h1-44,59,65H. The van der Waals surface area contributed by atoms with Crippen LogP contribution in [-0.2, 0) is 0 Å². The third kappa shape index (κ3) is 6.89. The van der Waals surface area contributed by atoms with Gasteiger partial charge < -0.3 is 14.2 Å². The van der Waals surface area contributed by atoms with Crippen LogP contribution in [0.1, 0.15) is 11.5 Å². The lowest BCUT2D eigenvalue weighted by Crippen LogP contribution is -2.28. The lowest BCUT2D eigenvalue weighted by Gasteiger charge is -2.30. The molecule has 0 saturated carbocycles. The van der Waals surface area contributed by atoms with Gasteiger partial charge in [-0.25, -0.2) is 0 Å². The number of rotatable bonds is 8. The first-order chi connectivity index (χ1) is 35.2. The second-order valence-corrected chi connectivity index (χ2v) is 18.8. The van der Waals surface area contributed by atoms with Crippen molar-refractivity contribution in [2.45, 2.75) is 12.0 Å². The van der Waals surface area contributed by atoms with E-state index in [-0.39, 0.29) is 6.04 Å². The van der Waals surface area contributed by atoms with Gasteiger partial charge in [-0.3, -0.25) is 0 Å². The van der Waals surface area contributed by atoms with E-state index in [0.29, 0.717) is 5.92 Å². The fraction of sp³-hybridized carbons (Fsp3) is 0.0294. The minimum absolute atomic E-state index is 0.241. The van der Waals surface area contributed by atoms with Gasteiger partial charge in [-0.2, -0.15) is 0 Å². The molecule has 11 aromatic carbocycles. The molecule has 0 spiro atoms. The van der Waals surface area contributed by atoms with Crippen LogP contribution in [-0.4, -0.2) is 6.04 Å². The highest BCUT2D eigenvalue weighted by Crippen LogP contribution is 2.50. The zero-order valence-corrected chi connectivity index (χ0v) is 38.9. The maximum atomic E-state index is 6.57. The molecule has 0 fully saturated rings. The van der Waals surface area contributed by atoms with E-state index in [1.54, 1.807) is 0 Å². The third-order valence-corrected chi connectivity index (χ3v) is 14.8. The van der Waals surface area contributed by atoms with Crippen LogP contribution in [0.3, 0.4) is 0 Å². The molecule has 3 heteroatoms. The first kappa shape index (κ1) is 40.8. The molecule has 2 atom stereocenters. The number of fused-ring (bicyclic) bond motifs is 9. The molecule has 2 aliphatic rings. The Morgan fingerprint density at radius 1 is 0.352 bits per heavy atom. The minimum atomic E-state index is 0.241. The van der Waals surface area contributed by atoms with Gasteiger partial charge in [0.1, 0.15) is 11.2 Å². The minimum Gasteiger partial charge on any atom is -0.455 e. The summed E-state index contributed by atoms with van der Waals surface area (Å²) in [5, 5.41) is 7.24. The molecule has 12 aromatic rings. The average molecular weight is 907 g/mol. The summed E-state index contributed by atoms with van der Waals surface area (Å²) in [5.41, 5.74) is 18.1. The van der Waals surface area contributed by atoms with Gasteiger partial charge in [-0.15, -0.1) is 0 Å². The van der Waals surface area contributed by atoms with Crippen molar-refractivity contribution >= 4 is 71.9 Å². The molecule has 0 radical (unpaired) electrons. The van der Waals surface area contributed by atoms with Crippen LogP contribution in [0.25, 0.3) is 88.0 Å². The number of hydrogen-bond donors (Lipinski definition) is 0. The lowest BCUT2D eigenvalue weighted by molar-refractivity contribution is 0.670. The monoisotopic (exact) mass is 906 g/mol. The number of furan rings is 1. The van der Waals surface area contributed by atoms with E-state index in [4.69, 9.17) is 4.42 Å². The van der Waals surface area contributed by atoms with E-state index in [9.17, 15) is 0 Å². The Hall–Kier alpha value is -9.18. The van der Waals surface area contributed by atoms with E-state index in [1.807, 2.05) is 6.07 Å². The van der Waals surface area contributed by atoms with Crippen molar-refractivity contribution in [2.75, 3.05) is 9.80 Å². The van der Waals surface area contributed by atoms with E-state index >= 15 is 0 Å². The normalized spacial score (nSPS) is 14.9. The molecule has 0 N–H and O–H groups in total. The van der Waals surface area contributed by atoms with Crippen molar-refractivity contribution in [3.8, 4) is 44.5 Å². The fourth-order valence-electron chi connectivity index (χ4n) is 11.5. The second kappa shape index (κ2) is 16.8. The summed E-state index contributed by atoms with van der Waals surface area (Å²) in [7, 11) is 0. The number of allylic oxidation sites excluding steroid dienone is 2. The van der Waals surface area contributed by atoms with Crippen molar-refractivity contribution in [3.63, 3.8) is 0 Å². The van der Waals surface area contributed by atoms with Crippen molar-refractivity contribution in [1.82, 2.24) is 0 Å². The lowest BCUT2D eigenvalue weighted by atomic mass is 9.91. The van der Waals surface area contributed by atoms with Crippen LogP contribution in [0.15, 0.2) is 271 Å². The van der Waals surface area contributed by atoms with Crippen LogP contribution < -0.4 is 9.80 Å². The van der Waals surface area contributed by atoms with Gasteiger partial charge >= 0.3 is 0 Å². The molecule has 0 bridgehead atoms. The molecule has 2 unspecified atom stereocenters. The first-order valence-electron chi connectivity index (χ1n) is 24.6. The number of para-hydroxylation sites is 4. The summed E-state index contributed by atoms with van der Waals surface area (Å²) in [6.45, 7) is 0. The van der Waals surface area contributed by atoms with Gasteiger partial charge in [-0.05, 0) is 121 Å². The second-order valence-electron chi connectivity index (χ2n) is 18.8. The third-order valence-electron chi connectivity index (χ3n) is 14.8. The molecule has 14 rings (SSSR count). The van der Waals surface area contributed by atoms with Gasteiger partial charge in [0, 0.05) is 56.3 Å². The van der Waals surface area contributed by atoms with Gasteiger partial charge in [0.05, 0.1) is 6.04 Å². The summed E-state index contributed by atoms with van der Waals surface area (Å²) in [6.07, 6.45) is 9.06. The zero-order chi connectivity index (χ0) is 46.8. The predicted octanol–water partition coefficient (Wildman–Crippen LogP) is 18.8. The molecule has 3 nitrogen and oxygen atoms in total. The van der Waals surface area contributed by atoms with Gasteiger partial charge in [-0.1, -0.05) is 206 Å². The van der Waals surface area contributed by atoms with Gasteiger partial charge in [0.25, 0.3) is 0 Å². The van der Waals surface area contributed by atoms with Gasteiger partial charge in [0.15, 0.2) is 0 Å². The van der Waals surface area contributed by atoms with Crippen LogP contribution >= 0.6 is 0 Å². The quantitative estimate of drug-likeness (QED) is 0.142. The molecule has 0 saturated heterocycles. The molecule has 334 valence electrons. The smallest absolute Gasteiger partial charge is 0.143 e. The Balaban J connectivity index is 0.850. The Labute approximate surface area is 413 Å². The maximum Gasteiger partial charge on any atom is 0.143 e. The van der Waals surface area contributed by atoms with Crippen molar-refractivity contribution in [2.24, 2.45) is 0 Å². The molecule has 71 heavy (non-hydrogen) atoms. The largest absolute Gasteiger partial charge is 0.455 e. The topological polar surface area (TPSA) is 19.6 Å². The summed E-state index contributed by atoms with van der Waals surface area (Å²) >= 11 is 0. The highest BCUT2D eigenvalue weighted by atomic mass is 16.3. The molecule has 1 aromatic heterocycles. The maximum absolute atomic E-state index is 6.57. The SMILES string of the molecule is C1=CC2c3ccccc3N(c3ccccc3-c3ccc(-c4ccc(N(c5cccc(-c6cc7ccccc7c7ccccc67)c5)c5cccc(-c6cccc7c6oc6ccccc67)c5)cc4)cc3)C2C=C1. The predicted molar refractivity (Wildman–Crippen MR) is 299 cm³/mol. The highest BCUT2D eigenvalue weighted by Gasteiger charge is 2.38. The molecule has 0 amide bonds. The zero-order valence-electron chi connectivity index (χ0n) is 38.9. The average Bonchev–Trinajstić information content (AvgIpc) is 4.00. The van der Waals surface area contributed by atoms with Crippen LogP contribution in [0, 0.1) is 0 Å². The number of benzene rings is 11. The van der Waals surface area contributed by atoms with E-state index in [1.165, 1.54) is 60.7 Å². The van der Waals surface area contributed by atoms with Crippen LogP contribution in [0.4, 0.5) is 28.4 Å².